The molecule has 0 fully saturated rings. The Morgan fingerprint density at radius 2 is 2.06 bits per heavy atom. The number of aromatic amines is 1. The van der Waals surface area contributed by atoms with Crippen LogP contribution in [0.3, 0.4) is 0 Å². The Morgan fingerprint density at radius 3 is 2.83 bits per heavy atom. The molecular formula is C15H14N2O. The average Bonchev–Trinajstić information content (AvgIpc) is 2.87. The Hall–Kier alpha value is -2.13. The van der Waals surface area contributed by atoms with Crippen LogP contribution in [-0.2, 0) is 5.60 Å². The largest absolute Gasteiger partial charge is 0.381 e. The van der Waals surface area contributed by atoms with Crippen molar-refractivity contribution >= 4 is 10.9 Å². The third-order valence-electron chi connectivity index (χ3n) is 3.34. The van der Waals surface area contributed by atoms with Crippen molar-refractivity contribution < 1.29 is 5.11 Å². The third-order valence-corrected chi connectivity index (χ3v) is 3.34. The van der Waals surface area contributed by atoms with E-state index in [1.54, 1.807) is 19.3 Å². The fraction of sp³-hybridized carbons (Fsp3) is 0.133. The SMILES string of the molecule is CC(O)(c1cccnc1)c1ccc2[nH]ccc2c1. The second-order valence-electron chi connectivity index (χ2n) is 4.59. The fourth-order valence-corrected chi connectivity index (χ4v) is 2.17. The molecule has 2 heterocycles. The third kappa shape index (κ3) is 1.69. The lowest BCUT2D eigenvalue weighted by Gasteiger charge is -2.24. The molecule has 3 rings (SSSR count). The molecule has 0 aliphatic rings. The summed E-state index contributed by atoms with van der Waals surface area (Å²) in [5.41, 5.74) is 1.70. The van der Waals surface area contributed by atoms with E-state index in [2.05, 4.69) is 9.97 Å². The summed E-state index contributed by atoms with van der Waals surface area (Å²) in [6.07, 6.45) is 5.30. The van der Waals surface area contributed by atoms with E-state index in [-0.39, 0.29) is 0 Å². The maximum absolute atomic E-state index is 10.7. The summed E-state index contributed by atoms with van der Waals surface area (Å²) in [6, 6.07) is 11.6. The van der Waals surface area contributed by atoms with E-state index >= 15 is 0 Å². The van der Waals surface area contributed by atoms with Gasteiger partial charge >= 0.3 is 0 Å². The summed E-state index contributed by atoms with van der Waals surface area (Å²) in [5, 5.41) is 11.8. The standard InChI is InChI=1S/C15H14N2O/c1-15(18,13-3-2-7-16-10-13)12-4-5-14-11(9-12)6-8-17-14/h2-10,17-18H,1H3. The number of hydrogen-bond donors (Lipinski definition) is 2. The van der Waals surface area contributed by atoms with Crippen molar-refractivity contribution in [1.82, 2.24) is 9.97 Å². The number of hydrogen-bond acceptors (Lipinski definition) is 2. The Kier molecular flexibility index (Phi) is 2.42. The molecule has 2 N–H and O–H groups in total. The molecule has 0 saturated heterocycles. The molecular weight excluding hydrogens is 224 g/mol. The Labute approximate surface area is 105 Å². The Balaban J connectivity index is 2.12. The molecule has 0 aliphatic carbocycles. The van der Waals surface area contributed by atoms with Gasteiger partial charge < -0.3 is 10.1 Å². The molecule has 0 radical (unpaired) electrons. The van der Waals surface area contributed by atoms with Crippen LogP contribution < -0.4 is 0 Å². The number of nitrogens with one attached hydrogen (secondary N) is 1. The monoisotopic (exact) mass is 238 g/mol. The predicted molar refractivity (Wildman–Crippen MR) is 71.2 cm³/mol. The summed E-state index contributed by atoms with van der Waals surface area (Å²) < 4.78 is 0. The van der Waals surface area contributed by atoms with Crippen molar-refractivity contribution in [2.45, 2.75) is 12.5 Å². The van der Waals surface area contributed by atoms with Crippen molar-refractivity contribution in [3.05, 3.63) is 66.1 Å². The molecule has 1 aromatic carbocycles. The maximum atomic E-state index is 10.7. The van der Waals surface area contributed by atoms with Crippen LogP contribution in [0, 0.1) is 0 Å². The van der Waals surface area contributed by atoms with Crippen LogP contribution in [0.5, 0.6) is 0 Å². The van der Waals surface area contributed by atoms with Gasteiger partial charge in [0.05, 0.1) is 0 Å². The molecule has 0 aliphatic heterocycles. The van der Waals surface area contributed by atoms with Crippen LogP contribution in [0.2, 0.25) is 0 Å². The first-order chi connectivity index (χ1) is 8.68. The number of H-pyrrole nitrogens is 1. The highest BCUT2D eigenvalue weighted by Gasteiger charge is 2.25. The van der Waals surface area contributed by atoms with Gasteiger partial charge in [-0.1, -0.05) is 12.1 Å². The minimum atomic E-state index is -1.03. The van der Waals surface area contributed by atoms with Gasteiger partial charge in [-0.15, -0.1) is 0 Å². The van der Waals surface area contributed by atoms with Gasteiger partial charge in [0.2, 0.25) is 0 Å². The van der Waals surface area contributed by atoms with Crippen LogP contribution in [0.15, 0.2) is 55.0 Å². The zero-order chi connectivity index (χ0) is 12.6. The van der Waals surface area contributed by atoms with Gasteiger partial charge in [0.15, 0.2) is 0 Å². The van der Waals surface area contributed by atoms with Gasteiger partial charge in [0.1, 0.15) is 5.60 Å². The van der Waals surface area contributed by atoms with Gasteiger partial charge in [-0.3, -0.25) is 4.98 Å². The zero-order valence-corrected chi connectivity index (χ0v) is 10.1. The van der Waals surface area contributed by atoms with Crippen LogP contribution in [0.25, 0.3) is 10.9 Å². The van der Waals surface area contributed by atoms with Crippen molar-refractivity contribution in [2.24, 2.45) is 0 Å². The van der Waals surface area contributed by atoms with E-state index in [0.717, 1.165) is 22.0 Å². The molecule has 0 spiro atoms. The molecule has 0 amide bonds. The second kappa shape index (κ2) is 3.96. The quantitative estimate of drug-likeness (QED) is 0.721. The molecule has 0 saturated carbocycles. The summed E-state index contributed by atoms with van der Waals surface area (Å²) >= 11 is 0. The maximum Gasteiger partial charge on any atom is 0.113 e. The van der Waals surface area contributed by atoms with Crippen LogP contribution in [-0.4, -0.2) is 15.1 Å². The first-order valence-electron chi connectivity index (χ1n) is 5.88. The summed E-state index contributed by atoms with van der Waals surface area (Å²) in [6.45, 7) is 1.79. The topological polar surface area (TPSA) is 48.9 Å². The van der Waals surface area contributed by atoms with E-state index in [0.29, 0.717) is 0 Å². The lowest BCUT2D eigenvalue weighted by atomic mass is 9.89. The second-order valence-corrected chi connectivity index (χ2v) is 4.59. The average molecular weight is 238 g/mol. The normalized spacial score (nSPS) is 14.6. The van der Waals surface area contributed by atoms with E-state index in [4.69, 9.17) is 0 Å². The Morgan fingerprint density at radius 1 is 1.17 bits per heavy atom. The van der Waals surface area contributed by atoms with Crippen molar-refractivity contribution in [3.8, 4) is 0 Å². The minimum absolute atomic E-state index is 0.792. The lowest BCUT2D eigenvalue weighted by molar-refractivity contribution is 0.102. The van der Waals surface area contributed by atoms with Crippen molar-refractivity contribution in [2.75, 3.05) is 0 Å². The summed E-state index contributed by atoms with van der Waals surface area (Å²) in [7, 11) is 0. The number of aromatic nitrogens is 2. The smallest absolute Gasteiger partial charge is 0.113 e. The molecule has 3 nitrogen and oxygen atoms in total. The van der Waals surface area contributed by atoms with Crippen LogP contribution >= 0.6 is 0 Å². The zero-order valence-electron chi connectivity index (χ0n) is 10.1. The highest BCUT2D eigenvalue weighted by atomic mass is 16.3. The highest BCUT2D eigenvalue weighted by molar-refractivity contribution is 5.80. The molecule has 2 aromatic heterocycles. The summed E-state index contributed by atoms with van der Waals surface area (Å²) in [4.78, 5) is 7.21. The number of pyridine rings is 1. The molecule has 3 aromatic rings. The highest BCUT2D eigenvalue weighted by Crippen LogP contribution is 2.30. The number of aliphatic hydroxyl groups is 1. The number of fused-ring (bicyclic) bond motifs is 1. The first kappa shape index (κ1) is 11.0. The number of rotatable bonds is 2. The summed E-state index contributed by atoms with van der Waals surface area (Å²) in [5.74, 6) is 0. The van der Waals surface area contributed by atoms with Gasteiger partial charge in [-0.05, 0) is 42.1 Å². The number of nitrogens with zero attached hydrogens (tertiary/aromatic N) is 1. The lowest BCUT2D eigenvalue weighted by Crippen LogP contribution is -2.22. The van der Waals surface area contributed by atoms with Gasteiger partial charge in [-0.2, -0.15) is 0 Å². The number of benzene rings is 1. The first-order valence-corrected chi connectivity index (χ1v) is 5.88. The predicted octanol–water partition coefficient (Wildman–Crippen LogP) is 2.82. The van der Waals surface area contributed by atoms with E-state index in [1.165, 1.54) is 0 Å². The molecule has 0 bridgehead atoms. The molecule has 1 atom stereocenters. The van der Waals surface area contributed by atoms with Gasteiger partial charge in [0.25, 0.3) is 0 Å². The van der Waals surface area contributed by atoms with Crippen LogP contribution in [0.4, 0.5) is 0 Å². The van der Waals surface area contributed by atoms with Gasteiger partial charge in [0, 0.05) is 29.7 Å². The van der Waals surface area contributed by atoms with E-state index < -0.39 is 5.60 Å². The van der Waals surface area contributed by atoms with Gasteiger partial charge in [-0.25, -0.2) is 0 Å². The molecule has 18 heavy (non-hydrogen) atoms. The fourth-order valence-electron chi connectivity index (χ4n) is 2.17. The molecule has 90 valence electrons. The van der Waals surface area contributed by atoms with E-state index in [9.17, 15) is 5.11 Å². The van der Waals surface area contributed by atoms with Crippen LogP contribution in [0.1, 0.15) is 18.1 Å². The molecule has 3 heteroatoms. The minimum Gasteiger partial charge on any atom is -0.381 e. The van der Waals surface area contributed by atoms with Crippen molar-refractivity contribution in [1.29, 1.82) is 0 Å². The molecule has 1 unspecified atom stereocenters. The Bertz CT molecular complexity index is 671. The van der Waals surface area contributed by atoms with Crippen molar-refractivity contribution in [3.63, 3.8) is 0 Å². The van der Waals surface area contributed by atoms with E-state index in [1.807, 2.05) is 42.6 Å².